The van der Waals surface area contributed by atoms with Crippen LogP contribution in [0.2, 0.25) is 0 Å². The summed E-state index contributed by atoms with van der Waals surface area (Å²) in [6, 6.07) is 5.36. The van der Waals surface area contributed by atoms with Gasteiger partial charge >= 0.3 is 0 Å². The van der Waals surface area contributed by atoms with Crippen LogP contribution in [0.1, 0.15) is 23.6 Å². The molecule has 0 fully saturated rings. The van der Waals surface area contributed by atoms with Gasteiger partial charge in [-0.15, -0.1) is 0 Å². The van der Waals surface area contributed by atoms with Gasteiger partial charge in [0.1, 0.15) is 5.82 Å². The number of benzene rings is 1. The fourth-order valence-electron chi connectivity index (χ4n) is 1.32. The SMILES string of the molecule is CCc1cc(CC#N)c(C)cc1F. The van der Waals surface area contributed by atoms with Gasteiger partial charge in [-0.05, 0) is 36.1 Å². The summed E-state index contributed by atoms with van der Waals surface area (Å²) in [5.74, 6) is -0.165. The summed E-state index contributed by atoms with van der Waals surface area (Å²) in [6.07, 6.45) is 1.03. The maximum absolute atomic E-state index is 13.2. The molecule has 0 atom stereocenters. The topological polar surface area (TPSA) is 23.8 Å². The molecule has 0 spiro atoms. The van der Waals surface area contributed by atoms with Crippen molar-refractivity contribution >= 4 is 0 Å². The summed E-state index contributed by atoms with van der Waals surface area (Å²) in [6.45, 7) is 3.74. The summed E-state index contributed by atoms with van der Waals surface area (Å²) < 4.78 is 13.2. The lowest BCUT2D eigenvalue weighted by Gasteiger charge is -2.05. The second-order valence-corrected chi connectivity index (χ2v) is 3.06. The van der Waals surface area contributed by atoms with Crippen molar-refractivity contribution in [2.45, 2.75) is 26.7 Å². The van der Waals surface area contributed by atoms with Crippen LogP contribution in [0.3, 0.4) is 0 Å². The van der Waals surface area contributed by atoms with Crippen LogP contribution < -0.4 is 0 Å². The Morgan fingerprint density at radius 3 is 2.62 bits per heavy atom. The van der Waals surface area contributed by atoms with Crippen molar-refractivity contribution in [1.29, 1.82) is 5.26 Å². The van der Waals surface area contributed by atoms with Gasteiger partial charge < -0.3 is 0 Å². The van der Waals surface area contributed by atoms with Gasteiger partial charge in [-0.3, -0.25) is 0 Å². The Morgan fingerprint density at radius 1 is 1.38 bits per heavy atom. The van der Waals surface area contributed by atoms with Gasteiger partial charge in [0.15, 0.2) is 0 Å². The summed E-state index contributed by atoms with van der Waals surface area (Å²) in [5.41, 5.74) is 2.48. The summed E-state index contributed by atoms with van der Waals surface area (Å²) in [5, 5.41) is 8.53. The molecule has 0 unspecified atom stereocenters. The van der Waals surface area contributed by atoms with Crippen LogP contribution in [0.25, 0.3) is 0 Å². The zero-order valence-corrected chi connectivity index (χ0v) is 7.89. The van der Waals surface area contributed by atoms with Crippen LogP contribution in [0.4, 0.5) is 4.39 Å². The van der Waals surface area contributed by atoms with Crippen LogP contribution in [0, 0.1) is 24.1 Å². The van der Waals surface area contributed by atoms with E-state index in [1.807, 2.05) is 13.8 Å². The molecule has 0 saturated heterocycles. The van der Waals surface area contributed by atoms with Crippen LogP contribution in [-0.2, 0) is 12.8 Å². The highest BCUT2D eigenvalue weighted by molar-refractivity contribution is 5.34. The quantitative estimate of drug-likeness (QED) is 0.681. The molecule has 0 amide bonds. The second-order valence-electron chi connectivity index (χ2n) is 3.06. The van der Waals surface area contributed by atoms with Crippen LogP contribution in [0.5, 0.6) is 0 Å². The monoisotopic (exact) mass is 177 g/mol. The van der Waals surface area contributed by atoms with Gasteiger partial charge in [0.2, 0.25) is 0 Å². The molecule has 2 heteroatoms. The first-order valence-electron chi connectivity index (χ1n) is 4.34. The minimum absolute atomic E-state index is 0.165. The van der Waals surface area contributed by atoms with Crippen LogP contribution in [0.15, 0.2) is 12.1 Å². The molecule has 0 radical (unpaired) electrons. The van der Waals surface area contributed by atoms with E-state index >= 15 is 0 Å². The summed E-state index contributed by atoms with van der Waals surface area (Å²) >= 11 is 0. The second kappa shape index (κ2) is 4.04. The van der Waals surface area contributed by atoms with E-state index in [0.29, 0.717) is 18.4 Å². The molecule has 1 aromatic carbocycles. The first kappa shape index (κ1) is 9.73. The lowest BCUT2D eigenvalue weighted by Crippen LogP contribution is -1.95. The van der Waals surface area contributed by atoms with Crippen molar-refractivity contribution in [3.05, 3.63) is 34.6 Å². The zero-order chi connectivity index (χ0) is 9.84. The van der Waals surface area contributed by atoms with Crippen molar-refractivity contribution in [2.24, 2.45) is 0 Å². The van der Waals surface area contributed by atoms with Crippen molar-refractivity contribution in [3.8, 4) is 6.07 Å². The lowest BCUT2D eigenvalue weighted by atomic mass is 10.0. The first-order valence-corrected chi connectivity index (χ1v) is 4.34. The standard InChI is InChI=1S/C11H12FN/c1-3-9-7-10(4-5-13)8(2)6-11(9)12/h6-7H,3-4H2,1-2H3. The van der Waals surface area contributed by atoms with E-state index in [1.165, 1.54) is 6.07 Å². The zero-order valence-electron chi connectivity index (χ0n) is 7.89. The van der Waals surface area contributed by atoms with Gasteiger partial charge in [-0.25, -0.2) is 4.39 Å². The van der Waals surface area contributed by atoms with E-state index in [0.717, 1.165) is 11.1 Å². The molecule has 0 heterocycles. The number of halogens is 1. The molecule has 1 aromatic rings. The van der Waals surface area contributed by atoms with E-state index in [4.69, 9.17) is 5.26 Å². The number of aryl methyl sites for hydroxylation is 2. The van der Waals surface area contributed by atoms with E-state index in [1.54, 1.807) is 6.07 Å². The summed E-state index contributed by atoms with van der Waals surface area (Å²) in [7, 11) is 0. The molecule has 0 aromatic heterocycles. The molecule has 13 heavy (non-hydrogen) atoms. The molecule has 68 valence electrons. The van der Waals surface area contributed by atoms with Crippen molar-refractivity contribution in [1.82, 2.24) is 0 Å². The highest BCUT2D eigenvalue weighted by Gasteiger charge is 2.04. The van der Waals surface area contributed by atoms with Crippen LogP contribution in [-0.4, -0.2) is 0 Å². The molecular formula is C11H12FN. The number of rotatable bonds is 2. The molecule has 0 aliphatic rings. The fourth-order valence-corrected chi connectivity index (χ4v) is 1.32. The average Bonchev–Trinajstić information content (AvgIpc) is 2.10. The van der Waals surface area contributed by atoms with Gasteiger partial charge in [0.05, 0.1) is 12.5 Å². The Morgan fingerprint density at radius 2 is 2.08 bits per heavy atom. The summed E-state index contributed by atoms with van der Waals surface area (Å²) in [4.78, 5) is 0. The molecule has 0 saturated carbocycles. The van der Waals surface area contributed by atoms with Crippen LogP contribution >= 0.6 is 0 Å². The van der Waals surface area contributed by atoms with E-state index in [9.17, 15) is 4.39 Å². The Bertz CT molecular complexity index is 350. The van der Waals surface area contributed by atoms with E-state index in [-0.39, 0.29) is 5.82 Å². The van der Waals surface area contributed by atoms with Crippen molar-refractivity contribution in [2.75, 3.05) is 0 Å². The van der Waals surface area contributed by atoms with Crippen molar-refractivity contribution < 1.29 is 4.39 Å². The van der Waals surface area contributed by atoms with E-state index < -0.39 is 0 Å². The largest absolute Gasteiger partial charge is 0.207 e. The third kappa shape index (κ3) is 2.06. The Labute approximate surface area is 77.8 Å². The fraction of sp³-hybridized carbons (Fsp3) is 0.364. The Hall–Kier alpha value is -1.36. The number of hydrogen-bond acceptors (Lipinski definition) is 1. The van der Waals surface area contributed by atoms with Gasteiger partial charge in [0.25, 0.3) is 0 Å². The highest BCUT2D eigenvalue weighted by atomic mass is 19.1. The Balaban J connectivity index is 3.16. The van der Waals surface area contributed by atoms with Gasteiger partial charge in [0, 0.05) is 0 Å². The number of nitrogens with zero attached hydrogens (tertiary/aromatic N) is 1. The lowest BCUT2D eigenvalue weighted by molar-refractivity contribution is 0.610. The number of hydrogen-bond donors (Lipinski definition) is 0. The average molecular weight is 177 g/mol. The molecule has 0 N–H and O–H groups in total. The molecule has 1 nitrogen and oxygen atoms in total. The third-order valence-corrected chi connectivity index (χ3v) is 2.16. The number of nitriles is 1. The molecule has 0 bridgehead atoms. The minimum atomic E-state index is -0.165. The van der Waals surface area contributed by atoms with Crippen molar-refractivity contribution in [3.63, 3.8) is 0 Å². The van der Waals surface area contributed by atoms with Gasteiger partial charge in [-0.1, -0.05) is 13.0 Å². The first-order chi connectivity index (χ1) is 6.19. The molecule has 0 aliphatic carbocycles. The maximum Gasteiger partial charge on any atom is 0.126 e. The molecular weight excluding hydrogens is 165 g/mol. The Kier molecular flexibility index (Phi) is 3.02. The molecule has 0 aliphatic heterocycles. The predicted molar refractivity (Wildman–Crippen MR) is 49.8 cm³/mol. The van der Waals surface area contributed by atoms with E-state index in [2.05, 4.69) is 6.07 Å². The smallest absolute Gasteiger partial charge is 0.126 e. The maximum atomic E-state index is 13.2. The third-order valence-electron chi connectivity index (χ3n) is 2.16. The predicted octanol–water partition coefficient (Wildman–Crippen LogP) is 2.76. The molecule has 1 rings (SSSR count). The minimum Gasteiger partial charge on any atom is -0.207 e. The normalized spacial score (nSPS) is 9.69. The van der Waals surface area contributed by atoms with Gasteiger partial charge in [-0.2, -0.15) is 5.26 Å². The highest BCUT2D eigenvalue weighted by Crippen LogP contribution is 2.16.